The lowest BCUT2D eigenvalue weighted by molar-refractivity contribution is -0.123. The van der Waals surface area contributed by atoms with Crippen molar-refractivity contribution >= 4 is 71.8 Å². The van der Waals surface area contributed by atoms with Crippen LogP contribution in [0.2, 0.25) is 0 Å². The summed E-state index contributed by atoms with van der Waals surface area (Å²) < 4.78 is 13.2. The molecular formula is C28H23Br2N3O4S. The fraction of sp³-hybridized carbons (Fsp3) is 0.107. The van der Waals surface area contributed by atoms with Crippen LogP contribution in [0.1, 0.15) is 15.9 Å². The third-order valence-electron chi connectivity index (χ3n) is 5.40. The van der Waals surface area contributed by atoms with Crippen molar-refractivity contribution < 1.29 is 19.1 Å². The molecule has 3 N–H and O–H groups in total. The van der Waals surface area contributed by atoms with Crippen molar-refractivity contribution in [1.82, 2.24) is 16.2 Å². The Balaban J connectivity index is 1.24. The Hall–Kier alpha value is -3.47. The van der Waals surface area contributed by atoms with Crippen molar-refractivity contribution in [3.8, 4) is 11.5 Å². The number of para-hydroxylation sites is 1. The highest BCUT2D eigenvalue weighted by Crippen LogP contribution is 2.34. The molecule has 194 valence electrons. The van der Waals surface area contributed by atoms with Gasteiger partial charge in [-0.15, -0.1) is 0 Å². The number of hydrogen-bond donors (Lipinski definition) is 3. The molecule has 0 aliphatic carbocycles. The molecule has 2 amide bonds. The maximum absolute atomic E-state index is 12.8. The second kappa shape index (κ2) is 13.4. The molecule has 0 aliphatic heterocycles. The van der Waals surface area contributed by atoms with Crippen LogP contribution in [0.4, 0.5) is 0 Å². The van der Waals surface area contributed by atoms with Gasteiger partial charge in [-0.1, -0.05) is 70.5 Å². The average molecular weight is 657 g/mol. The summed E-state index contributed by atoms with van der Waals surface area (Å²) in [7, 11) is 0. The lowest BCUT2D eigenvalue weighted by Crippen LogP contribution is -2.49. The normalized spacial score (nSPS) is 10.5. The van der Waals surface area contributed by atoms with E-state index >= 15 is 0 Å². The molecule has 4 aromatic carbocycles. The predicted octanol–water partition coefficient (Wildman–Crippen LogP) is 5.70. The Kier molecular flexibility index (Phi) is 9.69. The molecule has 0 fully saturated rings. The third-order valence-corrected chi connectivity index (χ3v) is 6.92. The SMILES string of the molecule is O=C(COc1ccc2cc(Br)ccc2c1Br)NNC(=S)NC(=O)c1ccccc1OCCc1ccccc1. The molecule has 0 radical (unpaired) electrons. The lowest BCUT2D eigenvalue weighted by Gasteiger charge is -2.14. The number of amides is 2. The molecule has 0 spiro atoms. The lowest BCUT2D eigenvalue weighted by atomic mass is 10.1. The van der Waals surface area contributed by atoms with Crippen molar-refractivity contribution in [2.45, 2.75) is 6.42 Å². The van der Waals surface area contributed by atoms with Gasteiger partial charge in [-0.3, -0.25) is 25.8 Å². The summed E-state index contributed by atoms with van der Waals surface area (Å²) >= 11 is 12.1. The number of thiocarbonyl (C=S) groups is 1. The summed E-state index contributed by atoms with van der Waals surface area (Å²) in [5, 5.41) is 4.45. The van der Waals surface area contributed by atoms with Crippen LogP contribution < -0.4 is 25.6 Å². The van der Waals surface area contributed by atoms with E-state index in [4.69, 9.17) is 21.7 Å². The molecule has 0 heterocycles. The monoisotopic (exact) mass is 655 g/mol. The van der Waals surface area contributed by atoms with Crippen molar-refractivity contribution in [3.63, 3.8) is 0 Å². The van der Waals surface area contributed by atoms with Crippen LogP contribution in [0.5, 0.6) is 11.5 Å². The molecule has 4 rings (SSSR count). The number of nitrogens with one attached hydrogen (secondary N) is 3. The molecule has 0 bridgehead atoms. The van der Waals surface area contributed by atoms with Gasteiger partial charge in [0.15, 0.2) is 11.7 Å². The molecule has 7 nitrogen and oxygen atoms in total. The van der Waals surface area contributed by atoms with E-state index in [0.29, 0.717) is 30.1 Å². The zero-order valence-electron chi connectivity index (χ0n) is 20.0. The Bertz CT molecular complexity index is 1470. The van der Waals surface area contributed by atoms with Crippen LogP contribution in [0.3, 0.4) is 0 Å². The Morgan fingerprint density at radius 1 is 0.816 bits per heavy atom. The largest absolute Gasteiger partial charge is 0.492 e. The smallest absolute Gasteiger partial charge is 0.276 e. The Morgan fingerprint density at radius 3 is 2.39 bits per heavy atom. The van der Waals surface area contributed by atoms with E-state index < -0.39 is 11.8 Å². The second-order valence-electron chi connectivity index (χ2n) is 8.07. The van der Waals surface area contributed by atoms with Gasteiger partial charge in [-0.25, -0.2) is 0 Å². The van der Waals surface area contributed by atoms with Crippen LogP contribution in [0, 0.1) is 0 Å². The Morgan fingerprint density at radius 2 is 1.58 bits per heavy atom. The minimum atomic E-state index is -0.478. The van der Waals surface area contributed by atoms with E-state index in [0.717, 1.165) is 25.3 Å². The van der Waals surface area contributed by atoms with Crippen molar-refractivity contribution in [2.24, 2.45) is 0 Å². The molecule has 0 saturated heterocycles. The fourth-order valence-corrected chi connectivity index (χ4v) is 4.70. The maximum Gasteiger partial charge on any atom is 0.276 e. The summed E-state index contributed by atoms with van der Waals surface area (Å²) in [4.78, 5) is 25.0. The van der Waals surface area contributed by atoms with Gasteiger partial charge in [-0.2, -0.15) is 0 Å². The fourth-order valence-electron chi connectivity index (χ4n) is 3.57. The first kappa shape index (κ1) is 27.6. The molecule has 0 aromatic heterocycles. The molecular weight excluding hydrogens is 634 g/mol. The standard InChI is InChI=1S/C28H23Br2N3O4S/c29-20-11-12-21-19(16-20)10-13-24(26(21)30)37-17-25(34)32-33-28(38)31-27(35)22-8-4-5-9-23(22)36-15-14-18-6-2-1-3-7-18/h1-13,16H,14-15,17H2,(H,32,34)(H2,31,33,35,38). The number of halogens is 2. The molecule has 10 heteroatoms. The van der Waals surface area contributed by atoms with Gasteiger partial charge in [0.05, 0.1) is 16.6 Å². The predicted molar refractivity (Wildman–Crippen MR) is 158 cm³/mol. The summed E-state index contributed by atoms with van der Waals surface area (Å²) in [5.74, 6) is 0.0216. The number of hydrogen-bond acceptors (Lipinski definition) is 5. The van der Waals surface area contributed by atoms with Crippen LogP contribution in [-0.4, -0.2) is 30.1 Å². The van der Waals surface area contributed by atoms with Crippen LogP contribution in [0.25, 0.3) is 10.8 Å². The van der Waals surface area contributed by atoms with Gasteiger partial charge in [-0.05, 0) is 74.8 Å². The van der Waals surface area contributed by atoms with E-state index in [-0.39, 0.29) is 11.7 Å². The summed E-state index contributed by atoms with van der Waals surface area (Å²) in [5.41, 5.74) is 6.40. The summed E-state index contributed by atoms with van der Waals surface area (Å²) in [6.45, 7) is 0.153. The first-order chi connectivity index (χ1) is 18.4. The van der Waals surface area contributed by atoms with Crippen molar-refractivity contribution in [2.75, 3.05) is 13.2 Å². The van der Waals surface area contributed by atoms with Gasteiger partial charge >= 0.3 is 0 Å². The molecule has 0 aliphatic rings. The van der Waals surface area contributed by atoms with E-state index in [1.54, 1.807) is 30.3 Å². The minimum Gasteiger partial charge on any atom is -0.492 e. The zero-order valence-corrected chi connectivity index (χ0v) is 24.0. The number of hydrazine groups is 1. The van der Waals surface area contributed by atoms with Crippen LogP contribution in [-0.2, 0) is 11.2 Å². The van der Waals surface area contributed by atoms with E-state index in [1.165, 1.54) is 0 Å². The van der Waals surface area contributed by atoms with Crippen LogP contribution in [0.15, 0.2) is 93.9 Å². The minimum absolute atomic E-state index is 0.0695. The van der Waals surface area contributed by atoms with E-state index in [2.05, 4.69) is 48.0 Å². The number of rotatable bonds is 8. The molecule has 38 heavy (non-hydrogen) atoms. The third kappa shape index (κ3) is 7.53. The Labute approximate surface area is 242 Å². The van der Waals surface area contributed by atoms with Crippen LogP contribution >= 0.6 is 44.1 Å². The highest BCUT2D eigenvalue weighted by molar-refractivity contribution is 9.11. The van der Waals surface area contributed by atoms with Gasteiger partial charge in [0, 0.05) is 10.9 Å². The summed E-state index contributed by atoms with van der Waals surface area (Å²) in [6.07, 6.45) is 0.707. The first-order valence-corrected chi connectivity index (χ1v) is 13.6. The zero-order chi connectivity index (χ0) is 26.9. The second-order valence-corrected chi connectivity index (χ2v) is 10.2. The highest BCUT2D eigenvalue weighted by Gasteiger charge is 2.14. The highest BCUT2D eigenvalue weighted by atomic mass is 79.9. The van der Waals surface area contributed by atoms with E-state index in [9.17, 15) is 9.59 Å². The number of fused-ring (bicyclic) bond motifs is 1. The average Bonchev–Trinajstić information content (AvgIpc) is 2.92. The summed E-state index contributed by atoms with van der Waals surface area (Å²) in [6, 6.07) is 26.4. The molecule has 4 aromatic rings. The number of carbonyl (C=O) groups excluding carboxylic acids is 2. The van der Waals surface area contributed by atoms with Gasteiger partial charge in [0.1, 0.15) is 11.5 Å². The van der Waals surface area contributed by atoms with E-state index in [1.807, 2.05) is 54.6 Å². The van der Waals surface area contributed by atoms with Gasteiger partial charge < -0.3 is 9.47 Å². The van der Waals surface area contributed by atoms with Crippen molar-refractivity contribution in [3.05, 3.63) is 105 Å². The molecule has 0 unspecified atom stereocenters. The topological polar surface area (TPSA) is 88.7 Å². The molecule has 0 atom stereocenters. The number of benzene rings is 4. The molecule has 0 saturated carbocycles. The maximum atomic E-state index is 12.8. The first-order valence-electron chi connectivity index (χ1n) is 11.6. The quantitative estimate of drug-likeness (QED) is 0.167. The van der Waals surface area contributed by atoms with Gasteiger partial charge in [0.25, 0.3) is 11.8 Å². The van der Waals surface area contributed by atoms with Gasteiger partial charge in [0.2, 0.25) is 0 Å². The number of ether oxygens (including phenoxy) is 2. The number of carbonyl (C=O) groups is 2. The van der Waals surface area contributed by atoms with Crippen molar-refractivity contribution in [1.29, 1.82) is 0 Å².